The molecule has 0 saturated carbocycles. The number of hydrogen-bond donors (Lipinski definition) is 2. The van der Waals surface area contributed by atoms with Crippen molar-refractivity contribution in [2.45, 2.75) is 6.92 Å². The molecule has 134 valence electrons. The summed E-state index contributed by atoms with van der Waals surface area (Å²) in [5, 5.41) is 15.1. The Morgan fingerprint density at radius 1 is 1.31 bits per heavy atom. The van der Waals surface area contributed by atoms with E-state index in [0.717, 1.165) is 5.39 Å². The maximum absolute atomic E-state index is 12.1. The predicted octanol–water partition coefficient (Wildman–Crippen LogP) is 4.61. The highest BCUT2D eigenvalue weighted by Gasteiger charge is 2.12. The van der Waals surface area contributed by atoms with E-state index in [-0.39, 0.29) is 22.3 Å². The number of hydrogen-bond acceptors (Lipinski definition) is 5. The third-order valence-electron chi connectivity index (χ3n) is 3.43. The molecule has 0 aliphatic heterocycles. The fourth-order valence-electron chi connectivity index (χ4n) is 2.28. The molecule has 2 N–H and O–H groups in total. The minimum Gasteiger partial charge on any atom is -0.503 e. The molecule has 0 fully saturated rings. The summed E-state index contributed by atoms with van der Waals surface area (Å²) < 4.78 is 10.7. The first-order valence-corrected chi connectivity index (χ1v) is 8.41. The van der Waals surface area contributed by atoms with Gasteiger partial charge in [-0.25, -0.2) is 5.43 Å². The number of halogens is 2. The van der Waals surface area contributed by atoms with E-state index in [9.17, 15) is 9.90 Å². The van der Waals surface area contributed by atoms with Gasteiger partial charge in [-0.05, 0) is 48.9 Å². The lowest BCUT2D eigenvalue weighted by molar-refractivity contribution is 0.0929. The third kappa shape index (κ3) is 3.92. The Hall–Kier alpha value is -2.70. The van der Waals surface area contributed by atoms with E-state index >= 15 is 0 Å². The van der Waals surface area contributed by atoms with Crippen molar-refractivity contribution >= 4 is 46.3 Å². The number of ether oxygens (including phenoxy) is 1. The van der Waals surface area contributed by atoms with Gasteiger partial charge in [0.25, 0.3) is 0 Å². The Balaban J connectivity index is 1.74. The Morgan fingerprint density at radius 3 is 2.88 bits per heavy atom. The zero-order valence-electron chi connectivity index (χ0n) is 13.6. The third-order valence-corrected chi connectivity index (χ3v) is 3.96. The first-order chi connectivity index (χ1) is 12.5. The lowest BCUT2D eigenvalue weighted by Gasteiger charge is -2.08. The van der Waals surface area contributed by atoms with Crippen molar-refractivity contribution in [3.8, 4) is 11.5 Å². The van der Waals surface area contributed by atoms with Crippen LogP contribution in [-0.2, 0) is 0 Å². The van der Waals surface area contributed by atoms with Crippen LogP contribution < -0.4 is 10.2 Å². The molecule has 3 aromatic rings. The summed E-state index contributed by atoms with van der Waals surface area (Å²) in [4.78, 5) is 12.1. The number of amides is 1. The minimum absolute atomic E-state index is 0.109. The summed E-state index contributed by atoms with van der Waals surface area (Å²) in [7, 11) is 0. The molecule has 0 spiro atoms. The van der Waals surface area contributed by atoms with Crippen LogP contribution in [0.4, 0.5) is 0 Å². The second kappa shape index (κ2) is 7.68. The number of nitrogens with zero attached hydrogens (tertiary/aromatic N) is 1. The van der Waals surface area contributed by atoms with Gasteiger partial charge in [-0.2, -0.15) is 5.10 Å². The number of nitrogens with one attached hydrogen (secondary N) is 1. The van der Waals surface area contributed by atoms with Gasteiger partial charge < -0.3 is 14.3 Å². The highest BCUT2D eigenvalue weighted by molar-refractivity contribution is 6.32. The standard InChI is InChI=1S/C18H14Cl2N2O4/c1-2-25-15-6-10(5-13(20)17(15)23)9-21-22-18(24)16-8-11-7-12(19)3-4-14(11)26-16/h3-9,23H,2H2,1H3,(H,22,24). The van der Waals surface area contributed by atoms with Crippen molar-refractivity contribution in [1.82, 2.24) is 5.43 Å². The first kappa shape index (κ1) is 18.1. The van der Waals surface area contributed by atoms with Gasteiger partial charge in [0.2, 0.25) is 0 Å². The van der Waals surface area contributed by atoms with Crippen molar-refractivity contribution in [3.05, 3.63) is 57.8 Å². The van der Waals surface area contributed by atoms with E-state index in [1.54, 1.807) is 37.3 Å². The van der Waals surface area contributed by atoms with Gasteiger partial charge in [0.1, 0.15) is 5.58 Å². The second-order valence-electron chi connectivity index (χ2n) is 5.27. The molecule has 3 rings (SSSR count). The van der Waals surface area contributed by atoms with Crippen LogP contribution in [0, 0.1) is 0 Å². The Morgan fingerprint density at radius 2 is 2.12 bits per heavy atom. The Bertz CT molecular complexity index is 998. The van der Waals surface area contributed by atoms with Gasteiger partial charge in [-0.3, -0.25) is 4.79 Å². The second-order valence-corrected chi connectivity index (χ2v) is 6.12. The summed E-state index contributed by atoms with van der Waals surface area (Å²) in [6, 6.07) is 9.70. The normalized spacial score (nSPS) is 11.2. The van der Waals surface area contributed by atoms with E-state index in [1.807, 2.05) is 0 Å². The molecular formula is C18H14Cl2N2O4. The van der Waals surface area contributed by atoms with Crippen LogP contribution in [0.3, 0.4) is 0 Å². The lowest BCUT2D eigenvalue weighted by Crippen LogP contribution is -2.16. The minimum atomic E-state index is -0.511. The quantitative estimate of drug-likeness (QED) is 0.490. The smallest absolute Gasteiger partial charge is 0.307 e. The van der Waals surface area contributed by atoms with Crippen molar-refractivity contribution in [2.75, 3.05) is 6.61 Å². The summed E-state index contributed by atoms with van der Waals surface area (Å²) in [6.45, 7) is 2.16. The van der Waals surface area contributed by atoms with Crippen LogP contribution in [-0.4, -0.2) is 23.8 Å². The van der Waals surface area contributed by atoms with Gasteiger partial charge in [-0.15, -0.1) is 0 Å². The average Bonchev–Trinajstić information content (AvgIpc) is 3.02. The molecule has 0 aliphatic carbocycles. The van der Waals surface area contributed by atoms with Crippen LogP contribution in [0.15, 0.2) is 45.9 Å². The monoisotopic (exact) mass is 392 g/mol. The number of phenolic OH excluding ortho intramolecular Hbond substituents is 1. The van der Waals surface area contributed by atoms with Gasteiger partial charge in [0.05, 0.1) is 17.8 Å². The molecule has 1 heterocycles. The van der Waals surface area contributed by atoms with E-state index in [1.165, 1.54) is 12.3 Å². The van der Waals surface area contributed by atoms with Crippen LogP contribution in [0.2, 0.25) is 10.0 Å². The summed E-state index contributed by atoms with van der Waals surface area (Å²) >= 11 is 11.9. The summed E-state index contributed by atoms with van der Waals surface area (Å²) in [5.41, 5.74) is 3.47. The van der Waals surface area contributed by atoms with Crippen molar-refractivity contribution in [3.63, 3.8) is 0 Å². The van der Waals surface area contributed by atoms with E-state index in [0.29, 0.717) is 22.8 Å². The molecule has 0 radical (unpaired) electrons. The van der Waals surface area contributed by atoms with E-state index in [4.69, 9.17) is 32.4 Å². The van der Waals surface area contributed by atoms with Gasteiger partial charge in [-0.1, -0.05) is 23.2 Å². The summed E-state index contributed by atoms with van der Waals surface area (Å²) in [5.74, 6) is -0.306. The van der Waals surface area contributed by atoms with Crippen LogP contribution in [0.25, 0.3) is 11.0 Å². The number of rotatable bonds is 5. The van der Waals surface area contributed by atoms with Gasteiger partial charge >= 0.3 is 5.91 Å². The Kier molecular flexibility index (Phi) is 5.35. The number of furan rings is 1. The molecule has 0 bridgehead atoms. The molecule has 26 heavy (non-hydrogen) atoms. The SMILES string of the molecule is CCOc1cc(C=NNC(=O)c2cc3cc(Cl)ccc3o2)cc(Cl)c1O. The number of carbonyl (C=O) groups excluding carboxylic acids is 1. The average molecular weight is 393 g/mol. The highest BCUT2D eigenvalue weighted by atomic mass is 35.5. The molecule has 0 atom stereocenters. The van der Waals surface area contributed by atoms with Gasteiger partial charge in [0, 0.05) is 10.4 Å². The molecule has 2 aromatic carbocycles. The van der Waals surface area contributed by atoms with Crippen molar-refractivity contribution < 1.29 is 19.1 Å². The number of fused-ring (bicyclic) bond motifs is 1. The lowest BCUT2D eigenvalue weighted by atomic mass is 10.2. The maximum Gasteiger partial charge on any atom is 0.307 e. The molecule has 1 amide bonds. The predicted molar refractivity (Wildman–Crippen MR) is 101 cm³/mol. The van der Waals surface area contributed by atoms with E-state index in [2.05, 4.69) is 10.5 Å². The number of benzene rings is 2. The number of carbonyl (C=O) groups is 1. The Labute approximate surface area is 159 Å². The molecule has 0 aliphatic rings. The highest BCUT2D eigenvalue weighted by Crippen LogP contribution is 2.34. The molecular weight excluding hydrogens is 379 g/mol. The zero-order valence-corrected chi connectivity index (χ0v) is 15.1. The van der Waals surface area contributed by atoms with Crippen LogP contribution in [0.1, 0.15) is 23.0 Å². The van der Waals surface area contributed by atoms with Gasteiger partial charge in [0.15, 0.2) is 17.3 Å². The number of phenols is 1. The number of aromatic hydroxyl groups is 1. The maximum atomic E-state index is 12.1. The topological polar surface area (TPSA) is 84.1 Å². The molecule has 0 unspecified atom stereocenters. The summed E-state index contributed by atoms with van der Waals surface area (Å²) in [6.07, 6.45) is 1.38. The molecule has 8 heteroatoms. The zero-order chi connectivity index (χ0) is 18.7. The number of hydrazone groups is 1. The fourth-order valence-corrected chi connectivity index (χ4v) is 2.68. The molecule has 0 saturated heterocycles. The van der Waals surface area contributed by atoms with E-state index < -0.39 is 5.91 Å². The first-order valence-electron chi connectivity index (χ1n) is 7.65. The fraction of sp³-hybridized carbons (Fsp3) is 0.111. The van der Waals surface area contributed by atoms with Crippen molar-refractivity contribution in [1.29, 1.82) is 0 Å². The van der Waals surface area contributed by atoms with Crippen LogP contribution in [0.5, 0.6) is 11.5 Å². The largest absolute Gasteiger partial charge is 0.503 e. The van der Waals surface area contributed by atoms with Crippen LogP contribution >= 0.6 is 23.2 Å². The van der Waals surface area contributed by atoms with Crippen molar-refractivity contribution in [2.24, 2.45) is 5.10 Å². The molecule has 1 aromatic heterocycles. The molecule has 6 nitrogen and oxygen atoms in total.